The number of nitrogens with one attached hydrogen (secondary N) is 1. The predicted octanol–water partition coefficient (Wildman–Crippen LogP) is 2.12. The van der Waals surface area contributed by atoms with Gasteiger partial charge in [0.1, 0.15) is 0 Å². The van der Waals surface area contributed by atoms with E-state index in [0.717, 1.165) is 51.1 Å². The molecule has 0 aromatic heterocycles. The smallest absolute Gasteiger partial charge is 0.254 e. The van der Waals surface area contributed by atoms with Crippen LogP contribution in [0.4, 0.5) is 0 Å². The van der Waals surface area contributed by atoms with E-state index in [2.05, 4.69) is 36.2 Å². The molecule has 2 fully saturated rings. The van der Waals surface area contributed by atoms with Crippen molar-refractivity contribution in [2.45, 2.75) is 51.5 Å². The summed E-state index contributed by atoms with van der Waals surface area (Å²) in [4.78, 5) is 17.2. The van der Waals surface area contributed by atoms with Gasteiger partial charge in [0.05, 0.1) is 12.2 Å². The summed E-state index contributed by atoms with van der Waals surface area (Å²) in [5.41, 5.74) is 2.06. The van der Waals surface area contributed by atoms with Gasteiger partial charge in [0.15, 0.2) is 0 Å². The number of ether oxygens (including phenoxy) is 1. The molecule has 2 aliphatic heterocycles. The Kier molecular flexibility index (Phi) is 6.10. The molecule has 0 aliphatic carbocycles. The molecule has 1 aromatic rings. The minimum absolute atomic E-state index is 0.165. The lowest BCUT2D eigenvalue weighted by atomic mass is 10.1. The van der Waals surface area contributed by atoms with E-state index >= 15 is 0 Å². The van der Waals surface area contributed by atoms with Crippen LogP contribution in [0, 0.1) is 0 Å². The summed E-state index contributed by atoms with van der Waals surface area (Å²) in [5.74, 6) is 0.165. The maximum atomic E-state index is 12.8. The molecular weight excluding hydrogens is 314 g/mol. The van der Waals surface area contributed by atoms with Crippen LogP contribution in [0.3, 0.4) is 0 Å². The van der Waals surface area contributed by atoms with Gasteiger partial charge in [-0.05, 0) is 51.4 Å². The number of hydrogen-bond donors (Lipinski definition) is 1. The number of hydrogen-bond acceptors (Lipinski definition) is 4. The van der Waals surface area contributed by atoms with Crippen LogP contribution < -0.4 is 5.32 Å². The van der Waals surface area contributed by atoms with Crippen LogP contribution in [0.25, 0.3) is 0 Å². The second kappa shape index (κ2) is 8.30. The van der Waals surface area contributed by atoms with Crippen molar-refractivity contribution in [3.63, 3.8) is 0 Å². The van der Waals surface area contributed by atoms with Gasteiger partial charge in [-0.25, -0.2) is 0 Å². The molecule has 2 heterocycles. The van der Waals surface area contributed by atoms with Crippen LogP contribution in [0.1, 0.15) is 42.6 Å². The molecule has 0 radical (unpaired) electrons. The quantitative estimate of drug-likeness (QED) is 0.888. The van der Waals surface area contributed by atoms with Crippen LogP contribution in [-0.4, -0.2) is 67.2 Å². The Hall–Kier alpha value is -1.43. The van der Waals surface area contributed by atoms with E-state index in [9.17, 15) is 4.79 Å². The van der Waals surface area contributed by atoms with Gasteiger partial charge < -0.3 is 15.0 Å². The van der Waals surface area contributed by atoms with Crippen molar-refractivity contribution in [2.24, 2.45) is 0 Å². The molecule has 5 nitrogen and oxygen atoms in total. The zero-order chi connectivity index (χ0) is 17.8. The molecule has 1 N–H and O–H groups in total. The molecule has 5 heteroatoms. The Bertz CT molecular complexity index is 565. The zero-order valence-corrected chi connectivity index (χ0v) is 15.7. The maximum Gasteiger partial charge on any atom is 0.254 e. The molecule has 1 aromatic carbocycles. The summed E-state index contributed by atoms with van der Waals surface area (Å²) in [6.07, 6.45) is 2.76. The van der Waals surface area contributed by atoms with Crippen LogP contribution in [0.5, 0.6) is 0 Å². The maximum absolute atomic E-state index is 12.8. The van der Waals surface area contributed by atoms with E-state index in [1.54, 1.807) is 0 Å². The molecule has 2 aliphatic rings. The van der Waals surface area contributed by atoms with Crippen molar-refractivity contribution in [1.29, 1.82) is 0 Å². The van der Waals surface area contributed by atoms with Crippen molar-refractivity contribution < 1.29 is 9.53 Å². The Labute approximate surface area is 151 Å². The van der Waals surface area contributed by atoms with Crippen LogP contribution in [0.15, 0.2) is 24.3 Å². The minimum Gasteiger partial charge on any atom is -0.373 e. The zero-order valence-electron chi connectivity index (χ0n) is 15.7. The molecule has 138 valence electrons. The number of morpholine rings is 1. The number of carbonyl (C=O) groups excluding carboxylic acids is 1. The second-order valence-electron chi connectivity index (χ2n) is 7.50. The Balaban J connectivity index is 1.61. The first-order valence-electron chi connectivity index (χ1n) is 9.49. The molecular formula is C20H31N3O2. The van der Waals surface area contributed by atoms with Gasteiger partial charge in [0.25, 0.3) is 5.91 Å². The first-order chi connectivity index (χ1) is 12.1. The lowest BCUT2D eigenvalue weighted by Crippen LogP contribution is -2.44. The highest BCUT2D eigenvalue weighted by Crippen LogP contribution is 2.20. The standard InChI is InChI=1S/C20H31N3O2/c1-15-12-22(13-16(2)25-15)14-17-6-8-18(9-7-17)20(24)23-10-4-5-19(23)11-21-3/h6-9,15-16,19,21H,4-5,10-14H2,1-3H3/t15-,16-,19-/m0/s1. The molecule has 0 spiro atoms. The van der Waals surface area contributed by atoms with E-state index < -0.39 is 0 Å². The molecule has 3 rings (SSSR count). The van der Waals surface area contributed by atoms with Crippen molar-refractivity contribution >= 4 is 5.91 Å². The van der Waals surface area contributed by atoms with Gasteiger partial charge in [-0.1, -0.05) is 12.1 Å². The largest absolute Gasteiger partial charge is 0.373 e. The molecule has 1 amide bonds. The summed E-state index contributed by atoms with van der Waals surface area (Å²) in [6, 6.07) is 8.50. The number of nitrogens with zero attached hydrogens (tertiary/aromatic N) is 2. The van der Waals surface area contributed by atoms with Crippen molar-refractivity contribution in [3.05, 3.63) is 35.4 Å². The number of rotatable bonds is 5. The lowest BCUT2D eigenvalue weighted by Gasteiger charge is -2.35. The van der Waals surface area contributed by atoms with Crippen molar-refractivity contribution in [3.8, 4) is 0 Å². The fraction of sp³-hybridized carbons (Fsp3) is 0.650. The van der Waals surface area contributed by atoms with Gasteiger partial charge in [0.2, 0.25) is 0 Å². The third-order valence-electron chi connectivity index (χ3n) is 5.18. The van der Waals surface area contributed by atoms with E-state index in [1.165, 1.54) is 5.56 Å². The average Bonchev–Trinajstić information content (AvgIpc) is 3.02. The molecule has 0 bridgehead atoms. The minimum atomic E-state index is 0.165. The SMILES string of the molecule is CNC[C@@H]1CCCN1C(=O)c1ccc(CN2C[C@H](C)O[C@@H](C)C2)cc1. The Morgan fingerprint density at radius 1 is 1.20 bits per heavy atom. The van der Waals surface area contributed by atoms with E-state index in [1.807, 2.05) is 24.1 Å². The van der Waals surface area contributed by atoms with Gasteiger partial charge in [-0.15, -0.1) is 0 Å². The van der Waals surface area contributed by atoms with Gasteiger partial charge in [-0.3, -0.25) is 9.69 Å². The van der Waals surface area contributed by atoms with Crippen molar-refractivity contribution in [1.82, 2.24) is 15.1 Å². The van der Waals surface area contributed by atoms with Crippen LogP contribution in [0.2, 0.25) is 0 Å². The summed E-state index contributed by atoms with van der Waals surface area (Å²) in [7, 11) is 1.95. The summed E-state index contributed by atoms with van der Waals surface area (Å²) < 4.78 is 5.79. The predicted molar refractivity (Wildman–Crippen MR) is 99.7 cm³/mol. The number of amides is 1. The molecule has 0 unspecified atom stereocenters. The molecule has 0 saturated carbocycles. The molecule has 2 saturated heterocycles. The number of benzene rings is 1. The number of likely N-dealkylation sites (N-methyl/N-ethyl adjacent to an activating group) is 1. The lowest BCUT2D eigenvalue weighted by molar-refractivity contribution is -0.0704. The highest BCUT2D eigenvalue weighted by atomic mass is 16.5. The van der Waals surface area contributed by atoms with Gasteiger partial charge >= 0.3 is 0 Å². The van der Waals surface area contributed by atoms with E-state index in [4.69, 9.17) is 4.74 Å². The third kappa shape index (κ3) is 4.60. The van der Waals surface area contributed by atoms with E-state index in [-0.39, 0.29) is 18.1 Å². The van der Waals surface area contributed by atoms with Gasteiger partial charge in [0, 0.05) is 44.3 Å². The Morgan fingerprint density at radius 3 is 2.52 bits per heavy atom. The normalized spacial score (nSPS) is 27.6. The summed E-state index contributed by atoms with van der Waals surface area (Å²) >= 11 is 0. The first kappa shape index (κ1) is 18.4. The highest BCUT2D eigenvalue weighted by molar-refractivity contribution is 5.94. The Morgan fingerprint density at radius 2 is 1.88 bits per heavy atom. The third-order valence-corrected chi connectivity index (χ3v) is 5.18. The average molecular weight is 345 g/mol. The molecule has 25 heavy (non-hydrogen) atoms. The first-order valence-corrected chi connectivity index (χ1v) is 9.49. The fourth-order valence-electron chi connectivity index (χ4n) is 4.14. The van der Waals surface area contributed by atoms with Crippen LogP contribution in [-0.2, 0) is 11.3 Å². The molecule has 3 atom stereocenters. The number of carbonyl (C=O) groups is 1. The van der Waals surface area contributed by atoms with Crippen molar-refractivity contribution in [2.75, 3.05) is 33.2 Å². The topological polar surface area (TPSA) is 44.8 Å². The van der Waals surface area contributed by atoms with Gasteiger partial charge in [-0.2, -0.15) is 0 Å². The summed E-state index contributed by atoms with van der Waals surface area (Å²) in [5, 5.41) is 3.20. The van der Waals surface area contributed by atoms with Crippen LogP contribution >= 0.6 is 0 Å². The number of likely N-dealkylation sites (tertiary alicyclic amines) is 1. The second-order valence-corrected chi connectivity index (χ2v) is 7.50. The monoisotopic (exact) mass is 345 g/mol. The summed E-state index contributed by atoms with van der Waals surface area (Å²) in [6.45, 7) is 8.84. The fourth-order valence-corrected chi connectivity index (χ4v) is 4.14. The highest BCUT2D eigenvalue weighted by Gasteiger charge is 2.28. The van der Waals surface area contributed by atoms with E-state index in [0.29, 0.717) is 6.04 Å².